The second-order valence-corrected chi connectivity index (χ2v) is 17.6. The highest BCUT2D eigenvalue weighted by molar-refractivity contribution is 6.12. The summed E-state index contributed by atoms with van der Waals surface area (Å²) in [5, 5.41) is 2.46. The Hall–Kier alpha value is -7.94. The predicted molar refractivity (Wildman–Crippen MR) is 268 cm³/mol. The van der Waals surface area contributed by atoms with Crippen LogP contribution in [0.25, 0.3) is 33.0 Å². The van der Waals surface area contributed by atoms with Gasteiger partial charge in [0.2, 0.25) is 0 Å². The van der Waals surface area contributed by atoms with Crippen LogP contribution >= 0.6 is 0 Å². The van der Waals surface area contributed by atoms with Crippen molar-refractivity contribution in [3.05, 3.63) is 276 Å². The van der Waals surface area contributed by atoms with Crippen LogP contribution in [0.2, 0.25) is 0 Å². The smallest absolute Gasteiger partial charge is 0.0717 e. The maximum atomic E-state index is 2.54. The Morgan fingerprint density at radius 2 is 0.734 bits per heavy atom. The first kappa shape index (κ1) is 37.8. The van der Waals surface area contributed by atoms with E-state index in [2.05, 4.69) is 266 Å². The SMILES string of the molecule is CC1(C)c2cc(N(c3ccccc3)c3ccccc3)ccc2-c2ccc3c(c21)C(c1ccccc1)(c1ccccc1)c1cc(N(c2ccccc2)c2ccccc2)c2ccccc2c1-3. The lowest BCUT2D eigenvalue weighted by atomic mass is 9.64. The van der Waals surface area contributed by atoms with Crippen LogP contribution in [0.15, 0.2) is 243 Å². The number of hydrogen-bond donors (Lipinski definition) is 0. The molecule has 2 aliphatic rings. The Labute approximate surface area is 376 Å². The highest BCUT2D eigenvalue weighted by Gasteiger charge is 2.52. The standard InChI is InChI=1S/C62H46N2/c1-61(2)55-41-49(63(45-27-13-5-14-28-45)46-29-15-6-16-30-46)37-38-50(55)53-39-40-54-58-52-36-22-21-35-51(52)57(64(47-31-17-7-18-32-47)48-33-19-8-20-34-48)42-56(58)62(60(54)59(53)61,43-23-9-3-10-24-43)44-25-11-4-12-26-44/h3-42H,1-2H3. The van der Waals surface area contributed by atoms with Gasteiger partial charge in [0.05, 0.1) is 11.1 Å². The van der Waals surface area contributed by atoms with Crippen LogP contribution in [0.1, 0.15) is 47.2 Å². The zero-order chi connectivity index (χ0) is 42.8. The Balaban J connectivity index is 1.17. The summed E-state index contributed by atoms with van der Waals surface area (Å²) in [5.41, 5.74) is 18.9. The first-order valence-electron chi connectivity index (χ1n) is 22.4. The van der Waals surface area contributed by atoms with Crippen LogP contribution in [0, 0.1) is 0 Å². The van der Waals surface area contributed by atoms with Gasteiger partial charge in [0.25, 0.3) is 0 Å². The van der Waals surface area contributed by atoms with E-state index in [0.717, 1.165) is 34.1 Å². The van der Waals surface area contributed by atoms with Gasteiger partial charge in [-0.2, -0.15) is 0 Å². The van der Waals surface area contributed by atoms with Gasteiger partial charge in [0.15, 0.2) is 0 Å². The van der Waals surface area contributed by atoms with Gasteiger partial charge in [0.1, 0.15) is 0 Å². The third-order valence-electron chi connectivity index (χ3n) is 13.8. The molecule has 304 valence electrons. The molecule has 0 atom stereocenters. The van der Waals surface area contributed by atoms with E-state index in [4.69, 9.17) is 0 Å². The van der Waals surface area contributed by atoms with Gasteiger partial charge in [-0.25, -0.2) is 0 Å². The van der Waals surface area contributed by atoms with Crippen LogP contribution in [0.4, 0.5) is 34.1 Å². The quantitative estimate of drug-likeness (QED) is 0.151. The van der Waals surface area contributed by atoms with Crippen LogP contribution in [-0.2, 0) is 10.8 Å². The summed E-state index contributed by atoms with van der Waals surface area (Å²) >= 11 is 0. The predicted octanol–water partition coefficient (Wildman–Crippen LogP) is 16.4. The summed E-state index contributed by atoms with van der Waals surface area (Å²) < 4.78 is 0. The largest absolute Gasteiger partial charge is 0.310 e. The van der Waals surface area contributed by atoms with E-state index < -0.39 is 5.41 Å². The van der Waals surface area contributed by atoms with Crippen molar-refractivity contribution < 1.29 is 0 Å². The number of nitrogens with zero attached hydrogens (tertiary/aromatic N) is 2. The first-order valence-corrected chi connectivity index (χ1v) is 22.4. The van der Waals surface area contributed by atoms with Crippen LogP contribution < -0.4 is 9.80 Å². The van der Waals surface area contributed by atoms with Gasteiger partial charge < -0.3 is 9.80 Å². The number of rotatable bonds is 8. The average molecular weight is 819 g/mol. The molecule has 0 amide bonds. The van der Waals surface area contributed by atoms with Crippen molar-refractivity contribution in [2.24, 2.45) is 0 Å². The minimum atomic E-state index is -0.654. The van der Waals surface area contributed by atoms with Crippen molar-refractivity contribution in [3.63, 3.8) is 0 Å². The molecule has 0 saturated carbocycles. The molecular formula is C62H46N2. The molecule has 0 spiro atoms. The summed E-state index contributed by atoms with van der Waals surface area (Å²) in [4.78, 5) is 4.83. The molecule has 0 unspecified atom stereocenters. The molecular weight excluding hydrogens is 773 g/mol. The zero-order valence-electron chi connectivity index (χ0n) is 36.0. The van der Waals surface area contributed by atoms with E-state index in [1.165, 1.54) is 66.4 Å². The number of benzene rings is 10. The topological polar surface area (TPSA) is 6.48 Å². The van der Waals surface area contributed by atoms with Gasteiger partial charge in [0, 0.05) is 39.2 Å². The van der Waals surface area contributed by atoms with Crippen molar-refractivity contribution in [2.45, 2.75) is 24.7 Å². The van der Waals surface area contributed by atoms with Crippen LogP contribution in [0.3, 0.4) is 0 Å². The van der Waals surface area contributed by atoms with Crippen molar-refractivity contribution in [1.29, 1.82) is 0 Å². The molecule has 0 saturated heterocycles. The molecule has 10 aromatic rings. The van der Waals surface area contributed by atoms with E-state index in [1.54, 1.807) is 0 Å². The van der Waals surface area contributed by atoms with Crippen molar-refractivity contribution in [1.82, 2.24) is 0 Å². The lowest BCUT2D eigenvalue weighted by Gasteiger charge is -2.38. The molecule has 0 aliphatic heterocycles. The fourth-order valence-electron chi connectivity index (χ4n) is 11.2. The summed E-state index contributed by atoms with van der Waals surface area (Å²) in [6.45, 7) is 4.91. The molecule has 12 rings (SSSR count). The summed E-state index contributed by atoms with van der Waals surface area (Å²) in [6, 6.07) is 89.4. The molecule has 0 fully saturated rings. The maximum absolute atomic E-state index is 2.54. The number of hydrogen-bond acceptors (Lipinski definition) is 2. The van der Waals surface area contributed by atoms with Gasteiger partial charge in [-0.15, -0.1) is 0 Å². The minimum absolute atomic E-state index is 0.360. The van der Waals surface area contributed by atoms with Crippen molar-refractivity contribution >= 4 is 44.9 Å². The van der Waals surface area contributed by atoms with E-state index in [9.17, 15) is 0 Å². The fourth-order valence-corrected chi connectivity index (χ4v) is 11.2. The van der Waals surface area contributed by atoms with Crippen LogP contribution in [-0.4, -0.2) is 0 Å². The molecule has 0 bridgehead atoms. The molecule has 2 nitrogen and oxygen atoms in total. The monoisotopic (exact) mass is 818 g/mol. The fraction of sp³-hybridized carbons (Fsp3) is 0.0645. The lowest BCUT2D eigenvalue weighted by molar-refractivity contribution is 0.633. The summed E-state index contributed by atoms with van der Waals surface area (Å²) in [5.74, 6) is 0. The molecule has 2 aliphatic carbocycles. The number of para-hydroxylation sites is 4. The highest BCUT2D eigenvalue weighted by Crippen LogP contribution is 2.65. The van der Waals surface area contributed by atoms with E-state index >= 15 is 0 Å². The molecule has 0 N–H and O–H groups in total. The maximum Gasteiger partial charge on any atom is 0.0717 e. The Morgan fingerprint density at radius 3 is 1.25 bits per heavy atom. The van der Waals surface area contributed by atoms with E-state index in [1.807, 2.05) is 0 Å². The third-order valence-corrected chi connectivity index (χ3v) is 13.8. The summed E-state index contributed by atoms with van der Waals surface area (Å²) in [6.07, 6.45) is 0. The zero-order valence-corrected chi connectivity index (χ0v) is 36.0. The normalized spacial score (nSPS) is 13.7. The molecule has 0 heterocycles. The minimum Gasteiger partial charge on any atom is -0.310 e. The molecule has 2 heteroatoms. The average Bonchev–Trinajstić information content (AvgIpc) is 3.79. The third kappa shape index (κ3) is 5.59. The van der Waals surface area contributed by atoms with E-state index in [-0.39, 0.29) is 5.41 Å². The van der Waals surface area contributed by atoms with E-state index in [0.29, 0.717) is 0 Å². The molecule has 0 radical (unpaired) electrons. The Bertz CT molecular complexity index is 3210. The Kier molecular flexibility index (Phi) is 8.77. The van der Waals surface area contributed by atoms with Gasteiger partial charge in [-0.3, -0.25) is 0 Å². The number of fused-ring (bicyclic) bond motifs is 9. The van der Waals surface area contributed by atoms with Gasteiger partial charge in [-0.1, -0.05) is 190 Å². The van der Waals surface area contributed by atoms with Gasteiger partial charge >= 0.3 is 0 Å². The van der Waals surface area contributed by atoms with Gasteiger partial charge in [-0.05, 0) is 128 Å². The second-order valence-electron chi connectivity index (χ2n) is 17.6. The van der Waals surface area contributed by atoms with Crippen LogP contribution in [0.5, 0.6) is 0 Å². The van der Waals surface area contributed by atoms with Crippen molar-refractivity contribution in [3.8, 4) is 22.3 Å². The molecule has 10 aromatic carbocycles. The second kappa shape index (κ2) is 14.9. The molecule has 64 heavy (non-hydrogen) atoms. The van der Waals surface area contributed by atoms with Crippen molar-refractivity contribution in [2.75, 3.05) is 9.80 Å². The Morgan fingerprint density at radius 1 is 0.312 bits per heavy atom. The summed E-state index contributed by atoms with van der Waals surface area (Å²) in [7, 11) is 0. The molecule has 0 aromatic heterocycles. The highest BCUT2D eigenvalue weighted by atomic mass is 15.1. The number of anilines is 6. The first-order chi connectivity index (χ1) is 31.5. The lowest BCUT2D eigenvalue weighted by Crippen LogP contribution is -2.32.